The monoisotopic (exact) mass is 322 g/mol. The van der Waals surface area contributed by atoms with Crippen molar-refractivity contribution in [1.82, 2.24) is 4.57 Å². The van der Waals surface area contributed by atoms with Gasteiger partial charge in [-0.2, -0.15) is 0 Å². The smallest absolute Gasteiger partial charge is 0.265 e. The number of aliphatic hydroxyl groups is 1. The molecule has 2 N–H and O–H groups in total. The molecule has 0 atom stereocenters. The lowest BCUT2D eigenvalue weighted by Gasteiger charge is -2.15. The summed E-state index contributed by atoms with van der Waals surface area (Å²) >= 11 is 0. The van der Waals surface area contributed by atoms with Crippen molar-refractivity contribution in [1.29, 1.82) is 0 Å². The molecule has 0 bridgehead atoms. The first-order valence-corrected chi connectivity index (χ1v) is 7.68. The summed E-state index contributed by atoms with van der Waals surface area (Å²) in [6.07, 6.45) is 1.50. The zero-order valence-electron chi connectivity index (χ0n) is 13.3. The highest BCUT2D eigenvalue weighted by Gasteiger charge is 2.16. The van der Waals surface area contributed by atoms with Crippen LogP contribution in [0.2, 0.25) is 0 Å². The molecule has 1 aromatic heterocycles. The van der Waals surface area contributed by atoms with Crippen LogP contribution in [0.15, 0.2) is 58.3 Å². The third kappa shape index (κ3) is 2.70. The number of nitrogens with zero attached hydrogens (tertiary/aromatic N) is 2. The average molecular weight is 322 g/mol. The van der Waals surface area contributed by atoms with E-state index >= 15 is 0 Å². The third-order valence-electron chi connectivity index (χ3n) is 3.91. The Morgan fingerprint density at radius 2 is 1.75 bits per heavy atom. The number of pyridine rings is 1. The maximum absolute atomic E-state index is 12.9. The Morgan fingerprint density at radius 1 is 1.08 bits per heavy atom. The van der Waals surface area contributed by atoms with Crippen LogP contribution in [0.5, 0.6) is 5.88 Å². The first kappa shape index (κ1) is 16.0. The van der Waals surface area contributed by atoms with Crippen LogP contribution in [-0.4, -0.2) is 34.1 Å². The highest BCUT2D eigenvalue weighted by atomic mass is 16.3. The first-order valence-electron chi connectivity index (χ1n) is 7.68. The van der Waals surface area contributed by atoms with Crippen LogP contribution in [0.25, 0.3) is 16.5 Å². The summed E-state index contributed by atoms with van der Waals surface area (Å²) in [6.45, 7) is 2.04. The van der Waals surface area contributed by atoms with Gasteiger partial charge in [0.1, 0.15) is 0 Å². The van der Waals surface area contributed by atoms with Crippen LogP contribution >= 0.6 is 0 Å². The van der Waals surface area contributed by atoms with Gasteiger partial charge in [0, 0.05) is 17.0 Å². The predicted octanol–water partition coefficient (Wildman–Crippen LogP) is 2.42. The molecule has 0 aliphatic carbocycles. The van der Waals surface area contributed by atoms with Crippen LogP contribution in [0, 0.1) is 6.92 Å². The summed E-state index contributed by atoms with van der Waals surface area (Å²) in [5.74, 6) is -0.158. The van der Waals surface area contributed by atoms with Gasteiger partial charge < -0.3 is 10.2 Å². The Hall–Kier alpha value is -2.92. The van der Waals surface area contributed by atoms with Gasteiger partial charge in [-0.1, -0.05) is 36.4 Å². The van der Waals surface area contributed by atoms with Crippen molar-refractivity contribution in [3.05, 3.63) is 70.0 Å². The van der Waals surface area contributed by atoms with Gasteiger partial charge in [0.15, 0.2) is 0 Å². The quantitative estimate of drug-likeness (QED) is 0.724. The number of aromatic nitrogens is 1. The lowest BCUT2D eigenvalue weighted by atomic mass is 10.1. The predicted molar refractivity (Wildman–Crippen MR) is 95.5 cm³/mol. The normalized spacial score (nSPS) is 11.4. The zero-order valence-corrected chi connectivity index (χ0v) is 13.3. The van der Waals surface area contributed by atoms with Crippen molar-refractivity contribution in [3.63, 3.8) is 0 Å². The van der Waals surface area contributed by atoms with Gasteiger partial charge in [0.25, 0.3) is 5.56 Å². The summed E-state index contributed by atoms with van der Waals surface area (Å²) < 4.78 is 1.30. The van der Waals surface area contributed by atoms with Gasteiger partial charge in [-0.15, -0.1) is 0 Å². The molecule has 5 heteroatoms. The second-order valence-electron chi connectivity index (χ2n) is 5.47. The molecule has 3 aromatic rings. The van der Waals surface area contributed by atoms with E-state index in [1.165, 1.54) is 10.8 Å². The van der Waals surface area contributed by atoms with Crippen molar-refractivity contribution in [2.24, 2.45) is 4.99 Å². The Kier molecular flexibility index (Phi) is 4.44. The maximum Gasteiger partial charge on any atom is 0.265 e. The SMILES string of the molecule is Cc1ccccc1-n1c(O)c(C=NCCO)c2ccccc2c1=O. The van der Waals surface area contributed by atoms with Gasteiger partial charge in [0.2, 0.25) is 5.88 Å². The number of aromatic hydroxyl groups is 1. The minimum Gasteiger partial charge on any atom is -0.494 e. The van der Waals surface area contributed by atoms with E-state index in [0.717, 1.165) is 5.56 Å². The summed E-state index contributed by atoms with van der Waals surface area (Å²) in [4.78, 5) is 17.0. The minimum atomic E-state index is -0.281. The number of aliphatic imine (C=N–C) groups is 1. The van der Waals surface area contributed by atoms with Gasteiger partial charge in [-0.05, 0) is 24.6 Å². The number of benzene rings is 2. The molecule has 0 unspecified atom stereocenters. The molecular formula is C19H18N2O3. The van der Waals surface area contributed by atoms with Crippen LogP contribution in [-0.2, 0) is 0 Å². The summed E-state index contributed by atoms with van der Waals surface area (Å²) in [6, 6.07) is 14.5. The molecule has 0 amide bonds. The Bertz CT molecular complexity index is 974. The van der Waals surface area contributed by atoms with Crippen LogP contribution in [0.3, 0.4) is 0 Å². The maximum atomic E-state index is 12.9. The van der Waals surface area contributed by atoms with Crippen LogP contribution < -0.4 is 5.56 Å². The van der Waals surface area contributed by atoms with E-state index in [1.54, 1.807) is 24.3 Å². The molecule has 5 nitrogen and oxygen atoms in total. The standard InChI is InChI=1S/C19H18N2O3/c1-13-6-2-5-9-17(13)21-18(23)15-8-4-3-7-14(15)16(19(21)24)12-20-10-11-22/h2-9,12,22,24H,10-11H2,1H3. The average Bonchev–Trinajstić information content (AvgIpc) is 2.60. The highest BCUT2D eigenvalue weighted by molar-refractivity contribution is 6.01. The van der Waals surface area contributed by atoms with Gasteiger partial charge in [-0.3, -0.25) is 9.79 Å². The lowest BCUT2D eigenvalue weighted by Crippen LogP contribution is -2.20. The molecule has 0 spiro atoms. The van der Waals surface area contributed by atoms with Gasteiger partial charge in [0.05, 0.1) is 24.4 Å². The molecule has 0 aliphatic rings. The van der Waals surface area contributed by atoms with E-state index in [0.29, 0.717) is 22.0 Å². The van der Waals surface area contributed by atoms with E-state index in [2.05, 4.69) is 4.99 Å². The van der Waals surface area contributed by atoms with Gasteiger partial charge in [-0.25, -0.2) is 4.57 Å². The molecule has 0 saturated heterocycles. The third-order valence-corrected chi connectivity index (χ3v) is 3.91. The zero-order chi connectivity index (χ0) is 17.1. The molecular weight excluding hydrogens is 304 g/mol. The Morgan fingerprint density at radius 3 is 2.46 bits per heavy atom. The highest BCUT2D eigenvalue weighted by Crippen LogP contribution is 2.26. The minimum absolute atomic E-state index is 0.0768. The fourth-order valence-corrected chi connectivity index (χ4v) is 2.74. The molecule has 0 radical (unpaired) electrons. The van der Waals surface area contributed by atoms with E-state index < -0.39 is 0 Å². The van der Waals surface area contributed by atoms with E-state index in [1.807, 2.05) is 31.2 Å². The number of para-hydroxylation sites is 1. The molecule has 2 aromatic carbocycles. The fourth-order valence-electron chi connectivity index (χ4n) is 2.74. The second kappa shape index (κ2) is 6.68. The largest absolute Gasteiger partial charge is 0.494 e. The molecule has 0 fully saturated rings. The number of aryl methyl sites for hydroxylation is 1. The summed E-state index contributed by atoms with van der Waals surface area (Å²) in [5.41, 5.74) is 1.68. The van der Waals surface area contributed by atoms with E-state index in [-0.39, 0.29) is 24.6 Å². The van der Waals surface area contributed by atoms with Crippen molar-refractivity contribution < 1.29 is 10.2 Å². The van der Waals surface area contributed by atoms with Crippen molar-refractivity contribution in [3.8, 4) is 11.6 Å². The fraction of sp³-hybridized carbons (Fsp3) is 0.158. The number of fused-ring (bicyclic) bond motifs is 1. The number of rotatable bonds is 4. The Balaban J connectivity index is 2.39. The first-order chi connectivity index (χ1) is 11.6. The molecule has 1 heterocycles. The van der Waals surface area contributed by atoms with E-state index in [4.69, 9.17) is 5.11 Å². The molecule has 0 aliphatic heterocycles. The number of aliphatic hydroxyl groups excluding tert-OH is 1. The van der Waals surface area contributed by atoms with Crippen molar-refractivity contribution in [2.75, 3.05) is 13.2 Å². The Labute approximate surface area is 139 Å². The number of hydrogen-bond acceptors (Lipinski definition) is 4. The summed E-state index contributed by atoms with van der Waals surface area (Å²) in [5, 5.41) is 20.8. The van der Waals surface area contributed by atoms with Crippen LogP contribution in [0.4, 0.5) is 0 Å². The van der Waals surface area contributed by atoms with Crippen LogP contribution in [0.1, 0.15) is 11.1 Å². The lowest BCUT2D eigenvalue weighted by molar-refractivity contribution is 0.307. The number of hydrogen-bond donors (Lipinski definition) is 2. The molecule has 122 valence electrons. The molecule has 3 rings (SSSR count). The van der Waals surface area contributed by atoms with Crippen molar-refractivity contribution in [2.45, 2.75) is 6.92 Å². The second-order valence-corrected chi connectivity index (χ2v) is 5.47. The molecule has 0 saturated carbocycles. The topological polar surface area (TPSA) is 74.8 Å². The molecule has 24 heavy (non-hydrogen) atoms. The van der Waals surface area contributed by atoms with E-state index in [9.17, 15) is 9.90 Å². The van der Waals surface area contributed by atoms with Crippen molar-refractivity contribution >= 4 is 17.0 Å². The summed E-state index contributed by atoms with van der Waals surface area (Å²) in [7, 11) is 0. The van der Waals surface area contributed by atoms with Gasteiger partial charge >= 0.3 is 0 Å².